The molecule has 93 heavy (non-hydrogen) atoms. The number of Topliss-reactive ketones (excluding diaryl/α,β-unsaturated/α-hetero) is 3. The number of nitrogens with one attached hydrogen (secondary N) is 5. The number of amides is 7. The Morgan fingerprint density at radius 3 is 1.16 bits per heavy atom. The van der Waals surface area contributed by atoms with Gasteiger partial charge in [0.25, 0.3) is 5.91 Å². The molecule has 7 amide bonds. The SMILES string of the molecule is [CH2-][C@@H]1C[C@H]2C(=O)N[C@]3(C(C)=O)C[C@H]3/C=C\CCCCC[C@H](NC(=O)OC(C)(C)C)C(=O)N2C1.[CH2-][C@@H]1C[C@H]2C(=O)N[C@]3(C(C)=O)C[C@H]3/C=C\CCCCC[C@H](NC)C(=O)N2C1.[CH2-][C@@H]1C[C@H]2C(=O)N[C@]3(C(C)=O)C[C@H]3/C=C\CCCCC[C@H]([NH3+])C(=O)N2C1.[CH3-].[CH3-].[CH3-].[Cl-].[Y].[Y].[Y]. The first-order chi connectivity index (χ1) is 40.7. The van der Waals surface area contributed by atoms with Crippen molar-refractivity contribution in [3.05, 3.63) is 79.5 Å². The number of halogens is 1. The van der Waals surface area contributed by atoms with Crippen LogP contribution in [0.15, 0.2) is 36.5 Å². The topological polar surface area (TPSA) is 277 Å². The predicted molar refractivity (Wildman–Crippen MR) is 344 cm³/mol. The van der Waals surface area contributed by atoms with E-state index in [9.17, 15) is 47.9 Å². The van der Waals surface area contributed by atoms with E-state index < -0.39 is 52.5 Å². The number of likely N-dealkylation sites (N-methyl/N-ethyl adjacent to an activating group) is 1. The first kappa shape index (κ1) is 90.8. The van der Waals surface area contributed by atoms with Crippen LogP contribution in [0.4, 0.5) is 4.79 Å². The number of hydrogen-bond donors (Lipinski definition) is 6. The van der Waals surface area contributed by atoms with E-state index in [0.717, 1.165) is 89.9 Å². The molecule has 6 heterocycles. The van der Waals surface area contributed by atoms with E-state index in [-0.39, 0.29) is 233 Å². The summed E-state index contributed by atoms with van der Waals surface area (Å²) in [6, 6.07) is -3.18. The van der Waals surface area contributed by atoms with E-state index in [1.807, 2.05) is 6.08 Å². The van der Waals surface area contributed by atoms with Crippen LogP contribution >= 0.6 is 0 Å². The molecule has 3 radical (unpaired) electrons. The van der Waals surface area contributed by atoms with Crippen molar-refractivity contribution in [3.8, 4) is 0 Å². The zero-order valence-electron chi connectivity index (χ0n) is 57.6. The van der Waals surface area contributed by atoms with Gasteiger partial charge in [0.15, 0.2) is 23.4 Å². The Hall–Kier alpha value is -2.16. The molecule has 20 nitrogen and oxygen atoms in total. The number of nitrogens with zero attached hydrogens (tertiary/aromatic N) is 3. The second kappa shape index (κ2) is 40.2. The second-order valence-electron chi connectivity index (χ2n) is 27.2. The van der Waals surface area contributed by atoms with Crippen molar-refractivity contribution in [1.29, 1.82) is 0 Å². The molecule has 3 saturated heterocycles. The van der Waals surface area contributed by atoms with Crippen LogP contribution in [0.25, 0.3) is 0 Å². The van der Waals surface area contributed by atoms with Gasteiger partial charge in [-0.25, -0.2) is 4.79 Å². The molecule has 0 spiro atoms. The van der Waals surface area contributed by atoms with Crippen LogP contribution in [-0.2, 0) is 146 Å². The monoisotopic (exact) mass is 1540 g/mol. The maximum absolute atomic E-state index is 13.5. The summed E-state index contributed by atoms with van der Waals surface area (Å²) in [7, 11) is 1.80. The molecule has 0 bridgehead atoms. The zero-order chi connectivity index (χ0) is 62.9. The van der Waals surface area contributed by atoms with Crippen LogP contribution in [-0.4, -0.2) is 159 Å². The normalized spacial score (nSPS) is 34.5. The fraction of sp³-hybridized carbons (Fsp3) is 0.681. The fourth-order valence-electron chi connectivity index (χ4n) is 13.7. The standard InChI is InChI=1S/C25H38N3O5.C21H32N3O3.C20H30N3O3.3CH3.ClH.3Y/c1-16-13-20-21(30)27-25(17(2)29)14-18(25)11-9-7-6-8-10-12-19(22(31)28(20)15-16)26-23(32)33-24(3,4)5;1-14-11-18-19(26)23-21(15(2)25)12-16(21)9-7-5-4-6-8-10-17(22-3)20(27)24(18)13-14;1-13-10-17-18(25)22-20(14(2)24)11-15(20)8-6-4-3-5-7-9-16(21)19(26)23(17)12-13;;;;;;;/h9,11,16,18-20H,1,6-8,10,12-15H2,2-5H3,(H,26,32)(H,27,30);7,9,14,16-18,22H,1,4-6,8,10-13H2,2-3H3,(H,23,26);6,8,13,15-17H,1,3-5,7,9-12,21H2,2H3,(H,22,25);3*1H3;1H;;;/q6*-1;;;;/b11-9-;9-7-;8-6-;;;;;;;/t16-,18-,19+,20+,25+;14-,16-,17+,18+,21+;13-,15-,16+,17+,20+;;;;;;;/m111......./s1. The minimum atomic E-state index is -0.879. The summed E-state index contributed by atoms with van der Waals surface area (Å²) in [6.07, 6.45) is 28.9. The van der Waals surface area contributed by atoms with Crippen molar-refractivity contribution in [3.63, 3.8) is 0 Å². The quantitative estimate of drug-likeness (QED) is 0.171. The van der Waals surface area contributed by atoms with Gasteiger partial charge >= 0.3 is 6.09 Å². The number of quaternary nitrogens is 1. The molecule has 9 rings (SSSR count). The van der Waals surface area contributed by atoms with Crippen LogP contribution < -0.4 is 44.7 Å². The maximum atomic E-state index is 13.5. The summed E-state index contributed by atoms with van der Waals surface area (Å²) < 4.78 is 5.37. The molecule has 6 aliphatic heterocycles. The van der Waals surface area contributed by atoms with Gasteiger partial charge in [0.2, 0.25) is 29.5 Å². The largest absolute Gasteiger partial charge is 1.00 e. The summed E-state index contributed by atoms with van der Waals surface area (Å²) in [5, 5.41) is 14.8. The van der Waals surface area contributed by atoms with Gasteiger partial charge in [0.1, 0.15) is 46.4 Å². The Bertz CT molecular complexity index is 2640. The third-order valence-corrected chi connectivity index (χ3v) is 19.1. The summed E-state index contributed by atoms with van der Waals surface area (Å²) in [4.78, 5) is 133. The molecule has 8 N–H and O–H groups in total. The summed E-state index contributed by atoms with van der Waals surface area (Å²) >= 11 is 0. The van der Waals surface area contributed by atoms with Gasteiger partial charge in [-0.1, -0.05) is 68.6 Å². The number of rotatable bonds is 5. The van der Waals surface area contributed by atoms with Crippen LogP contribution in [0.5, 0.6) is 0 Å². The first-order valence-corrected chi connectivity index (χ1v) is 32.1. The molecule has 9 aliphatic rings. The molecular formula is C69H110ClN9O11Y3-6. The van der Waals surface area contributed by atoms with Crippen molar-refractivity contribution in [2.24, 2.45) is 35.5 Å². The van der Waals surface area contributed by atoms with Gasteiger partial charge in [-0.2, -0.15) is 0 Å². The molecular weight excluding hydrogens is 1430 g/mol. The number of carbonyl (C=O) groups excluding carboxylic acids is 10. The van der Waals surface area contributed by atoms with Crippen molar-refractivity contribution in [2.75, 3.05) is 26.7 Å². The average molecular weight is 1540 g/mol. The van der Waals surface area contributed by atoms with Crippen molar-refractivity contribution < 1.29 is 169 Å². The Kier molecular flexibility index (Phi) is 39.3. The molecule has 0 aromatic rings. The van der Waals surface area contributed by atoms with Crippen LogP contribution in [0.2, 0.25) is 0 Å². The van der Waals surface area contributed by atoms with Crippen LogP contribution in [0, 0.1) is 78.6 Å². The van der Waals surface area contributed by atoms with Crippen molar-refractivity contribution in [2.45, 2.75) is 235 Å². The van der Waals surface area contributed by atoms with Crippen molar-refractivity contribution in [1.82, 2.24) is 41.3 Å². The minimum absolute atomic E-state index is 0. The smallest absolute Gasteiger partial charge is 0.408 e. The van der Waals surface area contributed by atoms with E-state index in [1.165, 1.54) is 18.7 Å². The Morgan fingerprint density at radius 1 is 0.527 bits per heavy atom. The number of hydrogen-bond acceptors (Lipinski definition) is 12. The molecule has 3 aliphatic carbocycles. The number of ether oxygens (including phenoxy) is 1. The Morgan fingerprint density at radius 2 is 0.839 bits per heavy atom. The van der Waals surface area contributed by atoms with Gasteiger partial charge < -0.3 is 107 Å². The number of fused-ring (bicyclic) bond motifs is 6. The zero-order valence-corrected chi connectivity index (χ0v) is 66.9. The third kappa shape index (κ3) is 23.8. The van der Waals surface area contributed by atoms with Crippen molar-refractivity contribution >= 4 is 58.9 Å². The molecule has 0 aromatic carbocycles. The van der Waals surface area contributed by atoms with Crippen LogP contribution in [0.3, 0.4) is 0 Å². The summed E-state index contributed by atoms with van der Waals surface area (Å²) in [5.41, 5.74) is 0.893. The molecule has 3 saturated carbocycles. The summed E-state index contributed by atoms with van der Waals surface area (Å²) in [6.45, 7) is 23.4. The Balaban J connectivity index is 0.00000133. The third-order valence-electron chi connectivity index (χ3n) is 19.1. The number of alkyl carbamates (subject to hydrolysis) is 1. The Labute approximate surface area is 639 Å². The van der Waals surface area contributed by atoms with E-state index in [4.69, 9.17) is 4.74 Å². The van der Waals surface area contributed by atoms with Gasteiger partial charge in [-0.3, -0.25) is 43.2 Å². The molecule has 6 fully saturated rings. The molecule has 24 heteroatoms. The van der Waals surface area contributed by atoms with E-state index in [0.29, 0.717) is 64.6 Å². The van der Waals surface area contributed by atoms with E-state index in [2.05, 4.69) is 83.5 Å². The van der Waals surface area contributed by atoms with Gasteiger partial charge in [-0.15, -0.1) is 17.8 Å². The number of carbonyl (C=O) groups is 10. The van der Waals surface area contributed by atoms with Crippen LogP contribution in [0.1, 0.15) is 176 Å². The fourth-order valence-corrected chi connectivity index (χ4v) is 13.7. The number of allylic oxidation sites excluding steroid dienone is 3. The molecule has 519 valence electrons. The predicted octanol–water partition coefficient (Wildman–Crippen LogP) is 3.50. The molecule has 0 unspecified atom stereocenters. The average Bonchev–Trinajstić information content (AvgIpc) is 1.61. The van der Waals surface area contributed by atoms with Gasteiger partial charge in [0, 0.05) is 122 Å². The minimum Gasteiger partial charge on any atom is -1.00 e. The molecule has 15 atom stereocenters. The molecule has 0 aromatic heterocycles. The summed E-state index contributed by atoms with van der Waals surface area (Å²) in [5.74, 6) is -1.17. The number of ketones is 3. The van der Waals surface area contributed by atoms with Gasteiger partial charge in [-0.05, 0) is 165 Å². The van der Waals surface area contributed by atoms with Gasteiger partial charge in [0.05, 0.1) is 6.04 Å². The maximum Gasteiger partial charge on any atom is 0.408 e. The first-order valence-electron chi connectivity index (χ1n) is 32.1. The second-order valence-corrected chi connectivity index (χ2v) is 27.2. The van der Waals surface area contributed by atoms with E-state index in [1.54, 1.807) is 44.5 Å². The van der Waals surface area contributed by atoms with E-state index >= 15 is 0 Å².